The van der Waals surface area contributed by atoms with Crippen molar-refractivity contribution in [2.45, 2.75) is 107 Å². The van der Waals surface area contributed by atoms with Crippen LogP contribution in [0, 0.1) is 0 Å². The van der Waals surface area contributed by atoms with Gasteiger partial charge in [-0.2, -0.15) is 0 Å². The van der Waals surface area contributed by atoms with Gasteiger partial charge in [0.05, 0.1) is 24.3 Å². The molecule has 28 heteroatoms. The Morgan fingerprint density at radius 1 is 0.506 bits per heavy atom. The fourth-order valence-electron chi connectivity index (χ4n) is 7.25. The molecule has 0 saturated heterocycles. The van der Waals surface area contributed by atoms with Crippen LogP contribution in [-0.2, 0) is 57.6 Å². The van der Waals surface area contributed by atoms with E-state index in [0.717, 1.165) is 0 Å². The topological polar surface area (TPSA) is 424 Å². The first-order valence-electron chi connectivity index (χ1n) is 23.7. The number of benzene rings is 3. The molecular formula is C49H57FN10O17. The van der Waals surface area contributed by atoms with Gasteiger partial charge in [-0.05, 0) is 98.2 Å². The van der Waals surface area contributed by atoms with Crippen molar-refractivity contribution in [2.24, 2.45) is 0 Å². The van der Waals surface area contributed by atoms with E-state index in [9.17, 15) is 77.6 Å². The van der Waals surface area contributed by atoms with Crippen LogP contribution in [0.2, 0.25) is 0 Å². The minimum Gasteiger partial charge on any atom is -0.481 e. The summed E-state index contributed by atoms with van der Waals surface area (Å²) in [4.78, 5) is 133. The maximum absolute atomic E-state index is 13.6. The quantitative estimate of drug-likeness (QED) is 0.0334. The van der Waals surface area contributed by atoms with Crippen LogP contribution >= 0.6 is 0 Å². The minimum absolute atomic E-state index is 0.0412. The SMILES string of the molecule is O=C(O)CCC(NC(=O)N[C@@H](Cc1ccc(NC(=O)CCC(CCC(=O)Nc2ccc(C[C@H](NC(=O)NC(CCC(=O)O)C(=O)O)C(=O)O)cc2)NC(=O)c2ccc(-n3cc(CCCF)nn3)cc2)cc1)C(=O)O)C(=O)O. The number of carboxylic acid groups (broad SMARTS) is 6. The maximum atomic E-state index is 13.6. The second-order valence-corrected chi connectivity index (χ2v) is 17.3. The summed E-state index contributed by atoms with van der Waals surface area (Å²) in [5.74, 6) is -10.1. The van der Waals surface area contributed by atoms with Gasteiger partial charge in [-0.3, -0.25) is 28.4 Å². The molecule has 4 aromatic rings. The molecule has 4 atom stereocenters. The molecule has 77 heavy (non-hydrogen) atoms. The van der Waals surface area contributed by atoms with Crippen LogP contribution in [0.5, 0.6) is 0 Å². The van der Waals surface area contributed by atoms with Crippen molar-refractivity contribution < 1.29 is 87.8 Å². The Morgan fingerprint density at radius 2 is 0.922 bits per heavy atom. The zero-order valence-electron chi connectivity index (χ0n) is 41.0. The van der Waals surface area contributed by atoms with Gasteiger partial charge in [0.15, 0.2) is 0 Å². The highest BCUT2D eigenvalue weighted by atomic mass is 19.1. The Balaban J connectivity index is 1.38. The fourth-order valence-corrected chi connectivity index (χ4v) is 7.25. The number of aryl methyl sites for hydroxylation is 1. The van der Waals surface area contributed by atoms with E-state index in [-0.39, 0.29) is 50.5 Å². The lowest BCUT2D eigenvalue weighted by molar-refractivity contribution is -0.142. The smallest absolute Gasteiger partial charge is 0.326 e. The van der Waals surface area contributed by atoms with E-state index in [4.69, 9.17) is 10.2 Å². The van der Waals surface area contributed by atoms with Crippen molar-refractivity contribution in [3.63, 3.8) is 0 Å². The Hall–Kier alpha value is -9.50. The highest BCUT2D eigenvalue weighted by molar-refractivity contribution is 5.95. The summed E-state index contributed by atoms with van der Waals surface area (Å²) in [5.41, 5.74) is 2.77. The van der Waals surface area contributed by atoms with Gasteiger partial charge < -0.3 is 67.9 Å². The largest absolute Gasteiger partial charge is 0.481 e. The first-order valence-corrected chi connectivity index (χ1v) is 23.7. The number of amides is 7. The van der Waals surface area contributed by atoms with E-state index < -0.39 is 128 Å². The van der Waals surface area contributed by atoms with Gasteiger partial charge in [0, 0.05) is 61.5 Å². The molecular weight excluding hydrogens is 1020 g/mol. The van der Waals surface area contributed by atoms with Gasteiger partial charge in [0.1, 0.15) is 24.2 Å². The number of aliphatic carboxylic acids is 6. The predicted octanol–water partition coefficient (Wildman–Crippen LogP) is 2.33. The van der Waals surface area contributed by atoms with Crippen LogP contribution in [0.25, 0.3) is 5.69 Å². The number of hydrogen-bond acceptors (Lipinski definition) is 13. The molecule has 2 unspecified atom stereocenters. The highest BCUT2D eigenvalue weighted by Crippen LogP contribution is 2.17. The number of carbonyl (C=O) groups excluding carboxylic acids is 5. The van der Waals surface area contributed by atoms with Crippen molar-refractivity contribution in [3.05, 3.63) is 101 Å². The van der Waals surface area contributed by atoms with Crippen molar-refractivity contribution in [1.29, 1.82) is 0 Å². The van der Waals surface area contributed by atoms with Crippen LogP contribution in [0.4, 0.5) is 25.4 Å². The van der Waals surface area contributed by atoms with E-state index in [1.807, 2.05) is 10.6 Å². The van der Waals surface area contributed by atoms with Gasteiger partial charge in [-0.15, -0.1) is 5.10 Å². The summed E-state index contributed by atoms with van der Waals surface area (Å²) in [6.45, 7) is -0.508. The van der Waals surface area contributed by atoms with Crippen molar-refractivity contribution >= 4 is 77.0 Å². The second-order valence-electron chi connectivity index (χ2n) is 17.3. The first-order chi connectivity index (χ1) is 36.6. The highest BCUT2D eigenvalue weighted by Gasteiger charge is 2.27. The minimum atomic E-state index is -1.59. The lowest BCUT2D eigenvalue weighted by Crippen LogP contribution is -2.51. The van der Waals surface area contributed by atoms with Crippen molar-refractivity contribution in [1.82, 2.24) is 41.6 Å². The molecule has 0 bridgehead atoms. The third-order valence-corrected chi connectivity index (χ3v) is 11.3. The lowest BCUT2D eigenvalue weighted by atomic mass is 10.0. The number of halogens is 1. The number of nitrogens with one attached hydrogen (secondary N) is 7. The molecule has 0 fully saturated rings. The summed E-state index contributed by atoms with van der Waals surface area (Å²) in [6.07, 6.45) is -0.462. The molecule has 0 spiro atoms. The molecule has 0 radical (unpaired) electrons. The molecule has 412 valence electrons. The molecule has 1 aromatic heterocycles. The Labute approximate surface area is 437 Å². The van der Waals surface area contributed by atoms with Gasteiger partial charge >= 0.3 is 47.9 Å². The van der Waals surface area contributed by atoms with Crippen LogP contribution < -0.4 is 37.2 Å². The Bertz CT molecular complexity index is 2610. The van der Waals surface area contributed by atoms with Gasteiger partial charge in [-0.25, -0.2) is 33.4 Å². The molecule has 13 N–H and O–H groups in total. The molecule has 1 heterocycles. The number of rotatable bonds is 32. The average Bonchev–Trinajstić information content (AvgIpc) is 3.86. The monoisotopic (exact) mass is 1080 g/mol. The van der Waals surface area contributed by atoms with Crippen molar-refractivity contribution in [2.75, 3.05) is 17.3 Å². The lowest BCUT2D eigenvalue weighted by Gasteiger charge is -2.19. The van der Waals surface area contributed by atoms with E-state index in [0.29, 0.717) is 40.3 Å². The van der Waals surface area contributed by atoms with Gasteiger partial charge in [-0.1, -0.05) is 29.5 Å². The zero-order valence-corrected chi connectivity index (χ0v) is 41.0. The third kappa shape index (κ3) is 21.5. The Morgan fingerprint density at radius 3 is 1.31 bits per heavy atom. The van der Waals surface area contributed by atoms with Crippen LogP contribution in [0.3, 0.4) is 0 Å². The van der Waals surface area contributed by atoms with E-state index >= 15 is 0 Å². The molecule has 7 amide bonds. The summed E-state index contributed by atoms with van der Waals surface area (Å²) >= 11 is 0. The fraction of sp³-hybridized carbons (Fsp3) is 0.367. The molecule has 3 aromatic carbocycles. The van der Waals surface area contributed by atoms with Crippen LogP contribution in [0.15, 0.2) is 79.0 Å². The number of aromatic nitrogens is 3. The predicted molar refractivity (Wildman–Crippen MR) is 266 cm³/mol. The number of anilines is 2. The number of alkyl halides is 1. The standard InChI is InChI=1S/C49H57FN10O17/c50-23-1-2-33-26-60(59-58-33)34-15-7-29(8-16-34)43(67)53-32(13-19-39(61)51-30-9-3-27(4-10-30)24-37(46(72)73)56-48(76)54-35(44(68)69)17-21-41(63)64)14-20-40(62)52-31-11-5-28(6-12-31)25-38(47(74)75)57-49(77)55-36(45(70)71)18-22-42(65)66/h3-12,15-16,26,32,35-38H,1-2,13-14,17-25H2,(H,51,61)(H,52,62)(H,53,67)(H,63,64)(H,65,66)(H,68,69)(H,70,71)(H,72,73)(H,74,75)(H2,54,56,76)(H2,55,57,77)/t32?,35?,36?,37-,38-/m0/s1. The Kier molecular flexibility index (Phi) is 23.4. The van der Waals surface area contributed by atoms with E-state index in [2.05, 4.69) is 36.9 Å². The van der Waals surface area contributed by atoms with Crippen molar-refractivity contribution in [3.8, 4) is 5.69 Å². The maximum Gasteiger partial charge on any atom is 0.326 e. The van der Waals surface area contributed by atoms with E-state index in [1.165, 1.54) is 65.3 Å². The average molecular weight is 1080 g/mol. The van der Waals surface area contributed by atoms with E-state index in [1.54, 1.807) is 18.3 Å². The summed E-state index contributed by atoms with van der Waals surface area (Å²) in [5, 5.41) is 80.5. The molecule has 0 saturated carbocycles. The zero-order chi connectivity index (χ0) is 56.6. The second kappa shape index (κ2) is 30.0. The summed E-state index contributed by atoms with van der Waals surface area (Å²) in [7, 11) is 0. The number of nitrogens with zero attached hydrogens (tertiary/aromatic N) is 3. The molecule has 0 aliphatic rings. The van der Waals surface area contributed by atoms with Crippen LogP contribution in [-0.4, -0.2) is 148 Å². The molecule has 0 aliphatic heterocycles. The number of hydrogen-bond donors (Lipinski definition) is 13. The molecule has 27 nitrogen and oxygen atoms in total. The van der Waals surface area contributed by atoms with Crippen LogP contribution in [0.1, 0.15) is 85.0 Å². The van der Waals surface area contributed by atoms with Gasteiger partial charge in [0.2, 0.25) is 11.8 Å². The number of carbonyl (C=O) groups is 11. The normalized spacial score (nSPS) is 12.7. The molecule has 4 rings (SSSR count). The first kappa shape index (κ1) is 60.1. The third-order valence-electron chi connectivity index (χ3n) is 11.3. The number of carboxylic acids is 6. The molecule has 0 aliphatic carbocycles. The summed E-state index contributed by atoms with van der Waals surface area (Å²) < 4.78 is 14.1. The van der Waals surface area contributed by atoms with Gasteiger partial charge in [0.25, 0.3) is 5.91 Å². The summed E-state index contributed by atoms with van der Waals surface area (Å²) in [6, 6.07) is 8.80. The number of urea groups is 2.